The first-order valence-electron chi connectivity index (χ1n) is 4.63. The summed E-state index contributed by atoms with van der Waals surface area (Å²) in [7, 11) is 1.49. The maximum Gasteiger partial charge on any atom is 0.240 e. The van der Waals surface area contributed by atoms with Crippen LogP contribution in [-0.2, 0) is 0 Å². The predicted octanol–water partition coefficient (Wildman–Crippen LogP) is 1.87. The summed E-state index contributed by atoms with van der Waals surface area (Å²) in [6, 6.07) is 4.11. The fourth-order valence-corrected chi connectivity index (χ4v) is 1.41. The number of benzene rings is 1. The van der Waals surface area contributed by atoms with E-state index < -0.39 is 0 Å². The van der Waals surface area contributed by atoms with Gasteiger partial charge in [-0.05, 0) is 18.2 Å². The third-order valence-corrected chi connectivity index (χ3v) is 2.13. The van der Waals surface area contributed by atoms with Gasteiger partial charge in [-0.15, -0.1) is 0 Å². The summed E-state index contributed by atoms with van der Waals surface area (Å²) >= 11 is 0. The second kappa shape index (κ2) is 4.14. The number of rotatable bonds is 2. The van der Waals surface area contributed by atoms with E-state index in [1.807, 2.05) is 0 Å². The molecular weight excluding hydrogens is 209 g/mol. The smallest absolute Gasteiger partial charge is 0.240 e. The highest BCUT2D eigenvalue weighted by Crippen LogP contribution is 2.30. The molecule has 5 heteroatoms. The van der Waals surface area contributed by atoms with Gasteiger partial charge in [0.2, 0.25) is 5.88 Å². The average Bonchev–Trinajstić information content (AvgIpc) is 2.29. The van der Waals surface area contributed by atoms with Crippen LogP contribution in [0.1, 0.15) is 0 Å². The first-order chi connectivity index (χ1) is 7.72. The highest BCUT2D eigenvalue weighted by Gasteiger charge is 2.11. The summed E-state index contributed by atoms with van der Waals surface area (Å²) < 4.78 is 18.0. The van der Waals surface area contributed by atoms with Crippen molar-refractivity contribution in [2.75, 3.05) is 12.8 Å². The van der Waals surface area contributed by atoms with Crippen molar-refractivity contribution >= 4 is 5.69 Å². The molecule has 0 aliphatic heterocycles. The number of nitrogens with two attached hydrogens (primary N) is 1. The van der Waals surface area contributed by atoms with Crippen LogP contribution in [0.15, 0.2) is 30.6 Å². The van der Waals surface area contributed by atoms with Crippen molar-refractivity contribution in [1.82, 2.24) is 9.97 Å². The van der Waals surface area contributed by atoms with Gasteiger partial charge in [-0.25, -0.2) is 14.4 Å². The van der Waals surface area contributed by atoms with Gasteiger partial charge in [0.05, 0.1) is 7.11 Å². The molecule has 0 unspecified atom stereocenters. The van der Waals surface area contributed by atoms with Gasteiger partial charge in [0.1, 0.15) is 11.5 Å². The summed E-state index contributed by atoms with van der Waals surface area (Å²) in [5.41, 5.74) is 7.12. The van der Waals surface area contributed by atoms with E-state index in [1.54, 1.807) is 6.07 Å². The Morgan fingerprint density at radius 2 is 2.00 bits per heavy atom. The second-order valence-electron chi connectivity index (χ2n) is 3.15. The zero-order valence-electron chi connectivity index (χ0n) is 8.64. The molecule has 0 spiro atoms. The third kappa shape index (κ3) is 1.79. The van der Waals surface area contributed by atoms with E-state index in [-0.39, 0.29) is 5.82 Å². The minimum Gasteiger partial charge on any atom is -0.479 e. The van der Waals surface area contributed by atoms with E-state index >= 15 is 0 Å². The number of aromatic nitrogens is 2. The second-order valence-corrected chi connectivity index (χ2v) is 3.15. The largest absolute Gasteiger partial charge is 0.479 e. The molecule has 1 aromatic heterocycles. The summed E-state index contributed by atoms with van der Waals surface area (Å²) in [4.78, 5) is 8.12. The zero-order chi connectivity index (χ0) is 11.5. The van der Waals surface area contributed by atoms with Crippen molar-refractivity contribution in [2.45, 2.75) is 0 Å². The molecule has 0 amide bonds. The van der Waals surface area contributed by atoms with Gasteiger partial charge in [-0.2, -0.15) is 0 Å². The van der Waals surface area contributed by atoms with Crippen LogP contribution in [0.5, 0.6) is 5.88 Å². The lowest BCUT2D eigenvalue weighted by molar-refractivity contribution is 0.398. The van der Waals surface area contributed by atoms with Crippen LogP contribution in [0.4, 0.5) is 10.1 Å². The van der Waals surface area contributed by atoms with E-state index in [9.17, 15) is 4.39 Å². The monoisotopic (exact) mass is 219 g/mol. The zero-order valence-corrected chi connectivity index (χ0v) is 8.64. The number of nitrogens with zero attached hydrogens (tertiary/aromatic N) is 2. The molecule has 0 saturated heterocycles. The third-order valence-electron chi connectivity index (χ3n) is 2.13. The topological polar surface area (TPSA) is 61.0 Å². The predicted molar refractivity (Wildman–Crippen MR) is 58.4 cm³/mol. The number of anilines is 1. The van der Waals surface area contributed by atoms with E-state index in [1.165, 1.54) is 31.6 Å². The average molecular weight is 219 g/mol. The normalized spacial score (nSPS) is 10.1. The molecule has 2 aromatic rings. The lowest BCUT2D eigenvalue weighted by Crippen LogP contribution is -1.97. The quantitative estimate of drug-likeness (QED) is 0.783. The maximum atomic E-state index is 12.9. The van der Waals surface area contributed by atoms with Crippen LogP contribution in [0.3, 0.4) is 0 Å². The standard InChI is InChI=1S/C11H10FN3O/c1-16-11-10(14-4-5-15-11)8-3-2-7(12)6-9(8)13/h2-6H,13H2,1H3. The minimum atomic E-state index is -0.385. The van der Waals surface area contributed by atoms with Gasteiger partial charge in [-0.1, -0.05) is 0 Å². The molecule has 0 fully saturated rings. The van der Waals surface area contributed by atoms with Gasteiger partial charge < -0.3 is 10.5 Å². The SMILES string of the molecule is COc1nccnc1-c1ccc(F)cc1N. The van der Waals surface area contributed by atoms with Crippen molar-refractivity contribution in [3.8, 4) is 17.1 Å². The van der Waals surface area contributed by atoms with Crippen LogP contribution in [-0.4, -0.2) is 17.1 Å². The minimum absolute atomic E-state index is 0.304. The Balaban J connectivity index is 2.58. The number of ether oxygens (including phenoxy) is 1. The van der Waals surface area contributed by atoms with Crippen molar-refractivity contribution in [1.29, 1.82) is 0 Å². The van der Waals surface area contributed by atoms with Crippen LogP contribution in [0.25, 0.3) is 11.3 Å². The van der Waals surface area contributed by atoms with Gasteiger partial charge in [0.15, 0.2) is 0 Å². The lowest BCUT2D eigenvalue weighted by Gasteiger charge is -2.08. The number of hydrogen-bond acceptors (Lipinski definition) is 4. The molecule has 0 atom stereocenters. The Hall–Kier alpha value is -2.17. The van der Waals surface area contributed by atoms with Crippen LogP contribution in [0.2, 0.25) is 0 Å². The summed E-state index contributed by atoms with van der Waals surface area (Å²) in [6.45, 7) is 0. The Morgan fingerprint density at radius 1 is 1.25 bits per heavy atom. The first kappa shape index (κ1) is 10.4. The molecule has 4 nitrogen and oxygen atoms in total. The fraction of sp³-hybridized carbons (Fsp3) is 0.0909. The lowest BCUT2D eigenvalue weighted by atomic mass is 10.1. The Kier molecular flexibility index (Phi) is 2.68. The van der Waals surface area contributed by atoms with Crippen molar-refractivity contribution in [3.05, 3.63) is 36.4 Å². The van der Waals surface area contributed by atoms with Crippen molar-refractivity contribution in [2.24, 2.45) is 0 Å². The van der Waals surface area contributed by atoms with Crippen molar-refractivity contribution < 1.29 is 9.13 Å². The van der Waals surface area contributed by atoms with E-state index in [4.69, 9.17) is 10.5 Å². The molecule has 0 aliphatic carbocycles. The van der Waals surface area contributed by atoms with Gasteiger partial charge >= 0.3 is 0 Å². The molecule has 16 heavy (non-hydrogen) atoms. The summed E-state index contributed by atoms with van der Waals surface area (Å²) in [6.07, 6.45) is 3.04. The fourth-order valence-electron chi connectivity index (χ4n) is 1.41. The molecule has 0 bridgehead atoms. The molecule has 0 radical (unpaired) electrons. The van der Waals surface area contributed by atoms with Crippen LogP contribution in [0, 0.1) is 5.82 Å². The highest BCUT2D eigenvalue weighted by atomic mass is 19.1. The van der Waals surface area contributed by atoms with Gasteiger partial charge in [0.25, 0.3) is 0 Å². The Bertz CT molecular complexity index is 516. The number of nitrogen functional groups attached to an aromatic ring is 1. The Labute approximate surface area is 91.9 Å². The molecule has 2 rings (SSSR count). The molecule has 1 aromatic carbocycles. The molecular formula is C11H10FN3O. The Morgan fingerprint density at radius 3 is 2.69 bits per heavy atom. The van der Waals surface area contributed by atoms with Crippen LogP contribution < -0.4 is 10.5 Å². The summed E-state index contributed by atoms with van der Waals surface area (Å²) in [5, 5.41) is 0. The molecule has 82 valence electrons. The number of methoxy groups -OCH3 is 1. The van der Waals surface area contributed by atoms with E-state index in [2.05, 4.69) is 9.97 Å². The first-order valence-corrected chi connectivity index (χ1v) is 4.63. The summed E-state index contributed by atoms with van der Waals surface area (Å²) in [5.74, 6) is -0.0232. The molecule has 1 heterocycles. The van der Waals surface area contributed by atoms with Crippen molar-refractivity contribution in [3.63, 3.8) is 0 Å². The number of halogens is 1. The van der Waals surface area contributed by atoms with E-state index in [0.717, 1.165) is 0 Å². The molecule has 2 N–H and O–H groups in total. The van der Waals surface area contributed by atoms with E-state index in [0.29, 0.717) is 22.8 Å². The maximum absolute atomic E-state index is 12.9. The van der Waals surface area contributed by atoms with Gasteiger partial charge in [-0.3, -0.25) is 0 Å². The highest BCUT2D eigenvalue weighted by molar-refractivity contribution is 5.76. The number of hydrogen-bond donors (Lipinski definition) is 1. The van der Waals surface area contributed by atoms with Crippen LogP contribution >= 0.6 is 0 Å². The molecule has 0 saturated carbocycles. The van der Waals surface area contributed by atoms with Gasteiger partial charge in [0, 0.05) is 23.6 Å². The molecule has 0 aliphatic rings.